The molecule has 0 heterocycles. The van der Waals surface area contributed by atoms with E-state index in [1.54, 1.807) is 0 Å². The number of hydrogen-bond acceptors (Lipinski definition) is 6. The van der Waals surface area contributed by atoms with Crippen LogP contribution in [0.25, 0.3) is 0 Å². The minimum absolute atomic E-state index is 0.121. The van der Waals surface area contributed by atoms with Crippen LogP contribution in [0.3, 0.4) is 0 Å². The lowest BCUT2D eigenvalue weighted by Crippen LogP contribution is -2.53. The Kier molecular flexibility index (Phi) is 16.6. The summed E-state index contributed by atoms with van der Waals surface area (Å²) >= 11 is 0. The van der Waals surface area contributed by atoms with E-state index in [0.717, 1.165) is 13.0 Å². The highest BCUT2D eigenvalue weighted by molar-refractivity contribution is 7.84. The van der Waals surface area contributed by atoms with Crippen molar-refractivity contribution in [1.82, 2.24) is 0 Å². The van der Waals surface area contributed by atoms with Crippen LogP contribution in [-0.2, 0) is 10.1 Å². The number of aliphatic hydroxyl groups is 3. The first kappa shape index (κ1) is 25.0. The van der Waals surface area contributed by atoms with Crippen molar-refractivity contribution in [3.63, 3.8) is 0 Å². The van der Waals surface area contributed by atoms with E-state index in [1.165, 1.54) is 32.1 Å². The largest absolute Gasteiger partial charge is 0.748 e. The normalized spacial score (nSPS) is 11.9. The summed E-state index contributed by atoms with van der Waals surface area (Å²) in [5.74, 6) is 0. The van der Waals surface area contributed by atoms with Crippen LogP contribution in [0.4, 0.5) is 0 Å². The fourth-order valence-corrected chi connectivity index (χ4v) is 2.53. The Hall–Kier alpha value is -0.250. The van der Waals surface area contributed by atoms with E-state index in [9.17, 15) is 0 Å². The van der Waals surface area contributed by atoms with Gasteiger partial charge in [-0.25, -0.2) is 8.42 Å². The van der Waals surface area contributed by atoms with Crippen molar-refractivity contribution in [2.24, 2.45) is 0 Å². The molecule has 0 aromatic heterocycles. The lowest BCUT2D eigenvalue weighted by molar-refractivity contribution is -0.929. The second kappa shape index (κ2) is 15.3. The first-order chi connectivity index (χ1) is 10.7. The van der Waals surface area contributed by atoms with E-state index < -0.39 is 10.1 Å². The molecule has 0 aliphatic carbocycles. The van der Waals surface area contributed by atoms with Gasteiger partial charge in [0.25, 0.3) is 0 Å². The van der Waals surface area contributed by atoms with Crippen LogP contribution in [0.2, 0.25) is 0 Å². The standard InChI is InChI=1S/C14H32NO3.CH4O3S/c1-2-3-4-5-6-7-8-15(9-12-16,10-13-17)11-14-18;1-5(2,3)4/h16-18H,2-14H2,1H3;1H3,(H,2,3,4)/q+1;/p-1. The van der Waals surface area contributed by atoms with Crippen LogP contribution >= 0.6 is 0 Å². The molecule has 0 aliphatic rings. The summed E-state index contributed by atoms with van der Waals surface area (Å²) in [5, 5.41) is 27.4. The molecule has 0 rings (SSSR count). The Morgan fingerprint density at radius 3 is 1.48 bits per heavy atom. The van der Waals surface area contributed by atoms with Gasteiger partial charge in [0.1, 0.15) is 19.6 Å². The molecular weight excluding hydrogens is 322 g/mol. The van der Waals surface area contributed by atoms with E-state index in [1.807, 2.05) is 0 Å². The number of quaternary nitrogens is 1. The first-order valence-corrected chi connectivity index (χ1v) is 10.1. The van der Waals surface area contributed by atoms with Crippen molar-refractivity contribution in [2.75, 3.05) is 52.3 Å². The Morgan fingerprint density at radius 2 is 1.13 bits per heavy atom. The number of rotatable bonds is 13. The Morgan fingerprint density at radius 1 is 0.783 bits per heavy atom. The fraction of sp³-hybridized carbons (Fsp3) is 1.00. The average Bonchev–Trinajstić information content (AvgIpc) is 2.42. The van der Waals surface area contributed by atoms with Gasteiger partial charge in [-0.3, -0.25) is 0 Å². The predicted octanol–water partition coefficient (Wildman–Crippen LogP) is 0.302. The van der Waals surface area contributed by atoms with Gasteiger partial charge < -0.3 is 24.4 Å². The summed E-state index contributed by atoms with van der Waals surface area (Å²) in [6.07, 6.45) is 8.07. The summed E-state index contributed by atoms with van der Waals surface area (Å²) in [4.78, 5) is 0. The van der Waals surface area contributed by atoms with Crippen molar-refractivity contribution in [3.05, 3.63) is 0 Å². The molecule has 8 heteroatoms. The van der Waals surface area contributed by atoms with Crippen LogP contribution in [0.15, 0.2) is 0 Å². The summed E-state index contributed by atoms with van der Waals surface area (Å²) in [6, 6.07) is 0. The minimum atomic E-state index is -3.92. The predicted molar refractivity (Wildman–Crippen MR) is 90.0 cm³/mol. The number of aliphatic hydroxyl groups excluding tert-OH is 3. The summed E-state index contributed by atoms with van der Waals surface area (Å²) in [6.45, 7) is 5.43. The monoisotopic (exact) mass is 357 g/mol. The van der Waals surface area contributed by atoms with Crippen LogP contribution in [-0.4, -0.2) is 85.0 Å². The Balaban J connectivity index is 0. The van der Waals surface area contributed by atoms with Gasteiger partial charge >= 0.3 is 0 Å². The SMILES string of the molecule is CCCCCCCC[N+](CCO)(CCO)CCO.CS(=O)(=O)[O-]. The molecule has 0 saturated heterocycles. The van der Waals surface area contributed by atoms with Crippen molar-refractivity contribution in [2.45, 2.75) is 45.4 Å². The average molecular weight is 358 g/mol. The third kappa shape index (κ3) is 19.7. The molecular formula is C15H35NO6S. The maximum atomic E-state index is 9.15. The minimum Gasteiger partial charge on any atom is -0.748 e. The van der Waals surface area contributed by atoms with Gasteiger partial charge in [-0.15, -0.1) is 0 Å². The zero-order valence-electron chi connectivity index (χ0n) is 14.6. The topological polar surface area (TPSA) is 118 Å². The quantitative estimate of drug-likeness (QED) is 0.248. The second-order valence-corrected chi connectivity index (χ2v) is 7.29. The van der Waals surface area contributed by atoms with Gasteiger partial charge in [0.2, 0.25) is 0 Å². The molecule has 3 N–H and O–H groups in total. The van der Waals surface area contributed by atoms with Gasteiger partial charge in [0, 0.05) is 6.26 Å². The summed E-state index contributed by atoms with van der Waals surface area (Å²) in [7, 11) is -3.92. The molecule has 0 aromatic rings. The van der Waals surface area contributed by atoms with Crippen molar-refractivity contribution < 1.29 is 32.8 Å². The highest BCUT2D eigenvalue weighted by atomic mass is 32.2. The number of nitrogens with zero attached hydrogens (tertiary/aromatic N) is 1. The molecule has 0 spiro atoms. The highest BCUT2D eigenvalue weighted by Crippen LogP contribution is 2.11. The number of hydrogen-bond donors (Lipinski definition) is 3. The zero-order chi connectivity index (χ0) is 18.2. The van der Waals surface area contributed by atoms with E-state index in [-0.39, 0.29) is 19.8 Å². The third-order valence-electron chi connectivity index (χ3n) is 3.71. The van der Waals surface area contributed by atoms with Crippen LogP contribution in [0.5, 0.6) is 0 Å². The van der Waals surface area contributed by atoms with E-state index in [2.05, 4.69) is 6.92 Å². The maximum Gasteiger partial charge on any atom is 0.102 e. The molecule has 0 saturated carbocycles. The van der Waals surface area contributed by atoms with Crippen molar-refractivity contribution in [3.8, 4) is 0 Å². The lowest BCUT2D eigenvalue weighted by atomic mass is 10.1. The molecule has 142 valence electrons. The Bertz CT molecular complexity index is 323. The van der Waals surface area contributed by atoms with Crippen molar-refractivity contribution >= 4 is 10.1 Å². The molecule has 0 amide bonds. The summed E-state index contributed by atoms with van der Waals surface area (Å²) in [5.41, 5.74) is 0. The van der Waals surface area contributed by atoms with E-state index >= 15 is 0 Å². The molecule has 0 aromatic carbocycles. The smallest absolute Gasteiger partial charge is 0.102 e. The highest BCUT2D eigenvalue weighted by Gasteiger charge is 2.25. The fourth-order valence-electron chi connectivity index (χ4n) is 2.53. The summed E-state index contributed by atoms with van der Waals surface area (Å²) < 4.78 is 27.9. The van der Waals surface area contributed by atoms with Crippen LogP contribution in [0, 0.1) is 0 Å². The second-order valence-electron chi connectivity index (χ2n) is 5.88. The molecule has 0 radical (unpaired) electrons. The van der Waals surface area contributed by atoms with Crippen LogP contribution < -0.4 is 0 Å². The zero-order valence-corrected chi connectivity index (χ0v) is 15.4. The van der Waals surface area contributed by atoms with E-state index in [0.29, 0.717) is 30.4 Å². The van der Waals surface area contributed by atoms with Crippen molar-refractivity contribution in [1.29, 1.82) is 0 Å². The van der Waals surface area contributed by atoms with Gasteiger partial charge in [-0.05, 0) is 12.8 Å². The van der Waals surface area contributed by atoms with Crippen LogP contribution in [0.1, 0.15) is 45.4 Å². The van der Waals surface area contributed by atoms with Gasteiger partial charge in [0.15, 0.2) is 0 Å². The van der Waals surface area contributed by atoms with E-state index in [4.69, 9.17) is 28.3 Å². The van der Waals surface area contributed by atoms with Gasteiger partial charge in [0.05, 0.1) is 36.5 Å². The molecule has 0 unspecified atom stereocenters. The molecule has 7 nitrogen and oxygen atoms in total. The number of unbranched alkanes of at least 4 members (excludes halogenated alkanes) is 5. The molecule has 0 atom stereocenters. The lowest BCUT2D eigenvalue weighted by Gasteiger charge is -2.37. The van der Waals surface area contributed by atoms with Gasteiger partial charge in [-0.1, -0.05) is 32.6 Å². The molecule has 23 heavy (non-hydrogen) atoms. The first-order valence-electron chi connectivity index (χ1n) is 8.33. The molecule has 0 aliphatic heterocycles. The molecule has 0 bridgehead atoms. The molecule has 0 fully saturated rings. The van der Waals surface area contributed by atoms with Gasteiger partial charge in [-0.2, -0.15) is 0 Å². The third-order valence-corrected chi connectivity index (χ3v) is 3.71. The Labute approximate surface area is 141 Å². The maximum absolute atomic E-state index is 9.15.